The Labute approximate surface area is 316 Å². The molecular weight excluding hydrogens is 684 g/mol. The number of anilines is 2. The molecule has 0 aliphatic carbocycles. The Kier molecular flexibility index (Phi) is 16.0. The number of ether oxygens (including phenoxy) is 5. The van der Waals surface area contributed by atoms with Crippen LogP contribution in [-0.2, 0) is 9.53 Å². The fraction of sp³-hybridized carbons (Fsp3) is 0.250. The number of carbonyl (C=O) groups is 3. The van der Waals surface area contributed by atoms with Gasteiger partial charge in [-0.2, -0.15) is 0 Å². The molecule has 0 saturated carbocycles. The number of unbranched alkanes of at least 4 members (excludes halogenated alkanes) is 4. The van der Waals surface area contributed by atoms with Gasteiger partial charge in [0.1, 0.15) is 23.0 Å². The van der Waals surface area contributed by atoms with Crippen molar-refractivity contribution in [1.29, 1.82) is 0 Å². The van der Waals surface area contributed by atoms with Gasteiger partial charge in [0.05, 0.1) is 30.9 Å². The fourth-order valence-electron chi connectivity index (χ4n) is 4.99. The number of nitrogen functional groups attached to an aromatic ring is 2. The molecule has 54 heavy (non-hydrogen) atoms. The molecule has 282 valence electrons. The Balaban J connectivity index is 0.000000266. The van der Waals surface area contributed by atoms with Gasteiger partial charge in [-0.3, -0.25) is 0 Å². The molecule has 0 radical (unpaired) electrons. The second-order valence-corrected chi connectivity index (χ2v) is 12.5. The quantitative estimate of drug-likeness (QED) is 0.0311. The molecule has 5 rings (SSSR count). The fourth-order valence-corrected chi connectivity index (χ4v) is 4.99. The first kappa shape index (κ1) is 40.5. The number of rotatable bonds is 17. The molecule has 0 spiro atoms. The first-order chi connectivity index (χ1) is 26.1. The minimum Gasteiger partial charge on any atom is -0.494 e. The summed E-state index contributed by atoms with van der Waals surface area (Å²) in [5.41, 5.74) is 14.2. The number of esters is 3. The van der Waals surface area contributed by atoms with Crippen molar-refractivity contribution in [3.8, 4) is 23.0 Å². The highest BCUT2D eigenvalue weighted by Crippen LogP contribution is 2.30. The molecule has 0 aliphatic rings. The summed E-state index contributed by atoms with van der Waals surface area (Å²) in [7, 11) is 0. The van der Waals surface area contributed by atoms with E-state index >= 15 is 0 Å². The highest BCUT2D eigenvalue weighted by Gasteiger charge is 2.13. The summed E-state index contributed by atoms with van der Waals surface area (Å²) in [6.07, 6.45) is 5.76. The minimum absolute atomic E-state index is 0.340. The van der Waals surface area contributed by atoms with Crippen molar-refractivity contribution in [2.75, 3.05) is 31.3 Å². The van der Waals surface area contributed by atoms with E-state index in [9.17, 15) is 14.4 Å². The monoisotopic (exact) mass is 732 g/mol. The van der Waals surface area contributed by atoms with Crippen LogP contribution in [0.15, 0.2) is 121 Å². The Bertz CT molecular complexity index is 1970. The predicted molar refractivity (Wildman–Crippen MR) is 212 cm³/mol. The van der Waals surface area contributed by atoms with Crippen molar-refractivity contribution in [2.45, 2.75) is 52.4 Å². The van der Waals surface area contributed by atoms with Crippen LogP contribution in [0.5, 0.6) is 23.0 Å². The molecule has 0 bridgehead atoms. The van der Waals surface area contributed by atoms with E-state index in [1.807, 2.05) is 24.3 Å². The van der Waals surface area contributed by atoms with Gasteiger partial charge >= 0.3 is 17.9 Å². The maximum absolute atomic E-state index is 12.6. The van der Waals surface area contributed by atoms with Gasteiger partial charge in [-0.1, -0.05) is 44.2 Å². The van der Waals surface area contributed by atoms with Gasteiger partial charge < -0.3 is 35.2 Å². The van der Waals surface area contributed by atoms with E-state index in [0.717, 1.165) is 55.0 Å². The Morgan fingerprint density at radius 2 is 1.09 bits per heavy atom. The molecule has 5 aromatic carbocycles. The van der Waals surface area contributed by atoms with E-state index in [1.165, 1.54) is 0 Å². The average Bonchev–Trinajstić information content (AvgIpc) is 3.18. The van der Waals surface area contributed by atoms with Crippen LogP contribution in [0.25, 0.3) is 10.8 Å². The number of fused-ring (bicyclic) bond motifs is 1. The maximum Gasteiger partial charge on any atom is 0.343 e. The van der Waals surface area contributed by atoms with Gasteiger partial charge in [-0.15, -0.1) is 0 Å². The smallest absolute Gasteiger partial charge is 0.343 e. The summed E-state index contributed by atoms with van der Waals surface area (Å²) in [6, 6.07) is 31.5. The van der Waals surface area contributed by atoms with Gasteiger partial charge in [0.25, 0.3) is 0 Å². The predicted octanol–water partition coefficient (Wildman–Crippen LogP) is 9.37. The lowest BCUT2D eigenvalue weighted by atomic mass is 10.1. The maximum atomic E-state index is 12.6. The van der Waals surface area contributed by atoms with E-state index in [2.05, 4.69) is 13.5 Å². The molecule has 5 aromatic rings. The average molecular weight is 733 g/mol. The van der Waals surface area contributed by atoms with Crippen LogP contribution in [0, 0.1) is 0 Å². The van der Waals surface area contributed by atoms with E-state index in [0.29, 0.717) is 65.1 Å². The summed E-state index contributed by atoms with van der Waals surface area (Å²) in [4.78, 5) is 35.8. The molecule has 10 nitrogen and oxygen atoms in total. The largest absolute Gasteiger partial charge is 0.494 e. The lowest BCUT2D eigenvalue weighted by Crippen LogP contribution is -2.09. The van der Waals surface area contributed by atoms with Gasteiger partial charge in [0, 0.05) is 27.7 Å². The molecule has 4 N–H and O–H groups in total. The zero-order valence-electron chi connectivity index (χ0n) is 30.9. The van der Waals surface area contributed by atoms with Crippen molar-refractivity contribution in [1.82, 2.24) is 0 Å². The SMILES string of the molecule is C=C(C)C(=O)OCCCCCCOc1ccc(C(=O)Oc2ccc(N)c3ccccc23)cc1.CCCCOc1ccc(OC(=O)c2ccc(N)cc2)cc1. The zero-order valence-corrected chi connectivity index (χ0v) is 30.9. The van der Waals surface area contributed by atoms with Crippen LogP contribution in [0.2, 0.25) is 0 Å². The Hall–Kier alpha value is -6.29. The van der Waals surface area contributed by atoms with Crippen molar-refractivity contribution in [3.05, 3.63) is 132 Å². The number of hydrogen-bond acceptors (Lipinski definition) is 10. The summed E-state index contributed by atoms with van der Waals surface area (Å²) < 4.78 is 27.2. The molecule has 0 unspecified atom stereocenters. The van der Waals surface area contributed by atoms with E-state index < -0.39 is 11.9 Å². The van der Waals surface area contributed by atoms with Crippen LogP contribution in [-0.4, -0.2) is 37.7 Å². The molecule has 0 amide bonds. The normalized spacial score (nSPS) is 10.4. The van der Waals surface area contributed by atoms with Crippen LogP contribution in [0.3, 0.4) is 0 Å². The summed E-state index contributed by atoms with van der Waals surface area (Å²) in [5, 5.41) is 1.64. The van der Waals surface area contributed by atoms with Crippen LogP contribution in [0.1, 0.15) is 73.1 Å². The standard InChI is InChI=1S/C27H29NO5.C17H19NO3/c1-19(2)26(29)32-18-8-4-3-7-17-31-21-13-11-20(12-14-21)27(30)33-25-16-15-24(28)22-9-5-6-10-23(22)25;1-2-3-12-20-15-8-10-16(11-9-15)21-17(19)13-4-6-14(18)7-5-13/h5-6,9-16H,1,3-4,7-8,17-18,28H2,2H3;4-11H,2-3,12,18H2,1H3. The van der Waals surface area contributed by atoms with E-state index in [1.54, 1.807) is 91.9 Å². The molecule has 0 fully saturated rings. The van der Waals surface area contributed by atoms with Crippen molar-refractivity contribution >= 4 is 40.1 Å². The molecule has 0 atom stereocenters. The number of hydrogen-bond donors (Lipinski definition) is 2. The number of nitrogens with two attached hydrogens (primary N) is 2. The van der Waals surface area contributed by atoms with Crippen molar-refractivity contribution in [2.24, 2.45) is 0 Å². The van der Waals surface area contributed by atoms with Gasteiger partial charge in [-0.05, 0) is 124 Å². The molecule has 10 heteroatoms. The highest BCUT2D eigenvalue weighted by atomic mass is 16.5. The van der Waals surface area contributed by atoms with Crippen LogP contribution < -0.4 is 30.4 Å². The molecule has 0 aliphatic heterocycles. The third-order valence-corrected chi connectivity index (χ3v) is 8.05. The van der Waals surface area contributed by atoms with E-state index in [4.69, 9.17) is 35.2 Å². The van der Waals surface area contributed by atoms with Crippen LogP contribution >= 0.6 is 0 Å². The first-order valence-electron chi connectivity index (χ1n) is 18.0. The summed E-state index contributed by atoms with van der Waals surface area (Å²) >= 11 is 0. The molecule has 0 heterocycles. The topological polar surface area (TPSA) is 149 Å². The second kappa shape index (κ2) is 21.3. The zero-order chi connectivity index (χ0) is 38.7. The third kappa shape index (κ3) is 13.0. The number of carbonyl (C=O) groups excluding carboxylic acids is 3. The minimum atomic E-state index is -0.441. The first-order valence-corrected chi connectivity index (χ1v) is 18.0. The Morgan fingerprint density at radius 3 is 1.70 bits per heavy atom. The lowest BCUT2D eigenvalue weighted by Gasteiger charge is -2.10. The van der Waals surface area contributed by atoms with Crippen molar-refractivity contribution in [3.63, 3.8) is 0 Å². The van der Waals surface area contributed by atoms with Gasteiger partial charge in [-0.25, -0.2) is 14.4 Å². The molecular formula is C44H48N2O8. The second-order valence-electron chi connectivity index (χ2n) is 12.5. The number of benzene rings is 5. The highest BCUT2D eigenvalue weighted by molar-refractivity contribution is 6.00. The van der Waals surface area contributed by atoms with Gasteiger partial charge in [0.2, 0.25) is 0 Å². The third-order valence-electron chi connectivity index (χ3n) is 8.05. The van der Waals surface area contributed by atoms with Crippen molar-refractivity contribution < 1.29 is 38.1 Å². The summed E-state index contributed by atoms with van der Waals surface area (Å²) in [5.74, 6) is 1.24. The summed E-state index contributed by atoms with van der Waals surface area (Å²) in [6.45, 7) is 8.98. The molecule has 0 aromatic heterocycles. The van der Waals surface area contributed by atoms with E-state index in [-0.39, 0.29) is 5.97 Å². The van der Waals surface area contributed by atoms with Crippen LogP contribution in [0.4, 0.5) is 11.4 Å². The molecule has 0 saturated heterocycles. The Morgan fingerprint density at radius 1 is 0.574 bits per heavy atom. The van der Waals surface area contributed by atoms with Gasteiger partial charge in [0.15, 0.2) is 0 Å². The lowest BCUT2D eigenvalue weighted by molar-refractivity contribution is -0.139.